The number of para-hydroxylation sites is 1. The van der Waals surface area contributed by atoms with Crippen LogP contribution in [0, 0.1) is 0 Å². The molecular weight excluding hydrogens is 304 g/mol. The van der Waals surface area contributed by atoms with Crippen LogP contribution < -0.4 is 9.47 Å². The van der Waals surface area contributed by atoms with Crippen molar-refractivity contribution < 1.29 is 19.0 Å². The molecule has 0 bridgehead atoms. The van der Waals surface area contributed by atoms with E-state index in [0.717, 1.165) is 16.5 Å². The van der Waals surface area contributed by atoms with Gasteiger partial charge in [0.15, 0.2) is 0 Å². The van der Waals surface area contributed by atoms with E-state index in [-0.39, 0.29) is 0 Å². The van der Waals surface area contributed by atoms with Gasteiger partial charge in [-0.3, -0.25) is 0 Å². The smallest absolute Gasteiger partial charge is 0.341 e. The van der Waals surface area contributed by atoms with E-state index in [1.807, 2.05) is 48.5 Å². The summed E-state index contributed by atoms with van der Waals surface area (Å²) in [5.74, 6) is 0.893. The average Bonchev–Trinajstić information content (AvgIpc) is 2.65. The fourth-order valence-corrected chi connectivity index (χ4v) is 2.50. The number of fused-ring (bicyclic) bond motifs is 1. The van der Waals surface area contributed by atoms with Gasteiger partial charge >= 0.3 is 5.97 Å². The lowest BCUT2D eigenvalue weighted by Crippen LogP contribution is -2.12. The minimum Gasteiger partial charge on any atom is -0.489 e. The zero-order chi connectivity index (χ0) is 16.8. The number of rotatable bonds is 6. The van der Waals surface area contributed by atoms with E-state index >= 15 is 0 Å². The van der Waals surface area contributed by atoms with E-state index < -0.39 is 5.97 Å². The minimum absolute atomic E-state index is 0.331. The van der Waals surface area contributed by atoms with Crippen LogP contribution in [0.5, 0.6) is 11.5 Å². The van der Waals surface area contributed by atoms with E-state index in [1.165, 1.54) is 7.11 Å². The Kier molecular flexibility index (Phi) is 4.96. The number of hydrogen-bond donors (Lipinski definition) is 0. The summed E-state index contributed by atoms with van der Waals surface area (Å²) in [5, 5.41) is 2.20. The van der Waals surface area contributed by atoms with Gasteiger partial charge in [-0.25, -0.2) is 4.79 Å². The van der Waals surface area contributed by atoms with E-state index in [9.17, 15) is 4.79 Å². The molecule has 0 aliphatic carbocycles. The molecule has 0 spiro atoms. The summed E-state index contributed by atoms with van der Waals surface area (Å²) in [6.07, 6.45) is 0. The summed E-state index contributed by atoms with van der Waals surface area (Å²) in [4.78, 5) is 11.7. The van der Waals surface area contributed by atoms with Crippen LogP contribution in [0.3, 0.4) is 0 Å². The van der Waals surface area contributed by atoms with Crippen LogP contribution in [-0.4, -0.2) is 26.3 Å². The summed E-state index contributed by atoms with van der Waals surface area (Å²) >= 11 is 0. The molecule has 0 saturated heterocycles. The van der Waals surface area contributed by atoms with Gasteiger partial charge in [-0.2, -0.15) is 0 Å². The standard InChI is InChI=1S/C20H18O4/c1-22-20(21)17-10-4-5-11-19(17)24-14-13-23-18-12-6-8-15-7-2-3-9-16(15)18/h2-12H,13-14H2,1H3. The Morgan fingerprint density at radius 1 is 0.792 bits per heavy atom. The Labute approximate surface area is 140 Å². The number of carbonyl (C=O) groups excluding carboxylic acids is 1. The Balaban J connectivity index is 1.62. The molecule has 0 N–H and O–H groups in total. The second-order valence-electron chi connectivity index (χ2n) is 5.16. The molecule has 0 atom stereocenters. The SMILES string of the molecule is COC(=O)c1ccccc1OCCOc1cccc2ccccc12. The maximum atomic E-state index is 11.7. The van der Waals surface area contributed by atoms with Crippen LogP contribution in [0.2, 0.25) is 0 Å². The number of ether oxygens (including phenoxy) is 3. The summed E-state index contributed by atoms with van der Waals surface area (Å²) < 4.78 is 16.2. The second-order valence-corrected chi connectivity index (χ2v) is 5.16. The van der Waals surface area contributed by atoms with Gasteiger partial charge in [-0.05, 0) is 23.6 Å². The molecular formula is C20H18O4. The van der Waals surface area contributed by atoms with Crippen molar-refractivity contribution in [3.05, 3.63) is 72.3 Å². The normalized spacial score (nSPS) is 10.4. The van der Waals surface area contributed by atoms with Crippen molar-refractivity contribution >= 4 is 16.7 Å². The molecule has 0 aliphatic heterocycles. The van der Waals surface area contributed by atoms with Gasteiger partial charge in [0.25, 0.3) is 0 Å². The molecule has 0 fully saturated rings. The van der Waals surface area contributed by atoms with Crippen molar-refractivity contribution in [1.29, 1.82) is 0 Å². The molecule has 0 heterocycles. The van der Waals surface area contributed by atoms with Gasteiger partial charge in [0.1, 0.15) is 30.3 Å². The molecule has 4 heteroatoms. The molecule has 3 aromatic rings. The summed E-state index contributed by atoms with van der Waals surface area (Å²) in [6.45, 7) is 0.709. The third kappa shape index (κ3) is 3.49. The Hall–Kier alpha value is -3.01. The van der Waals surface area contributed by atoms with Crippen LogP contribution in [0.25, 0.3) is 10.8 Å². The van der Waals surface area contributed by atoms with Crippen molar-refractivity contribution in [2.24, 2.45) is 0 Å². The second kappa shape index (κ2) is 7.51. The van der Waals surface area contributed by atoms with Gasteiger partial charge < -0.3 is 14.2 Å². The summed E-state index contributed by atoms with van der Waals surface area (Å²) in [5.41, 5.74) is 0.408. The minimum atomic E-state index is -0.416. The molecule has 0 aliphatic rings. The first-order chi connectivity index (χ1) is 11.8. The van der Waals surface area contributed by atoms with Gasteiger partial charge in [-0.1, -0.05) is 48.5 Å². The molecule has 4 nitrogen and oxygen atoms in total. The van der Waals surface area contributed by atoms with Gasteiger partial charge in [-0.15, -0.1) is 0 Å². The van der Waals surface area contributed by atoms with Gasteiger partial charge in [0, 0.05) is 5.39 Å². The van der Waals surface area contributed by atoms with Crippen LogP contribution in [0.15, 0.2) is 66.7 Å². The lowest BCUT2D eigenvalue weighted by atomic mass is 10.1. The monoisotopic (exact) mass is 322 g/mol. The highest BCUT2D eigenvalue weighted by molar-refractivity contribution is 5.92. The van der Waals surface area contributed by atoms with Crippen LogP contribution >= 0.6 is 0 Å². The Bertz CT molecular complexity index is 836. The number of esters is 1. The zero-order valence-electron chi connectivity index (χ0n) is 13.4. The predicted octanol–water partition coefficient (Wildman–Crippen LogP) is 4.08. The maximum absolute atomic E-state index is 11.7. The van der Waals surface area contributed by atoms with Gasteiger partial charge in [0.05, 0.1) is 7.11 Å². The van der Waals surface area contributed by atoms with E-state index in [4.69, 9.17) is 14.2 Å². The lowest BCUT2D eigenvalue weighted by Gasteiger charge is -2.12. The fourth-order valence-electron chi connectivity index (χ4n) is 2.50. The molecule has 122 valence electrons. The largest absolute Gasteiger partial charge is 0.489 e. The maximum Gasteiger partial charge on any atom is 0.341 e. The van der Waals surface area contributed by atoms with E-state index in [2.05, 4.69) is 0 Å². The van der Waals surface area contributed by atoms with Crippen LogP contribution in [0.4, 0.5) is 0 Å². The molecule has 0 radical (unpaired) electrons. The zero-order valence-corrected chi connectivity index (χ0v) is 13.4. The number of benzene rings is 3. The van der Waals surface area contributed by atoms with Crippen molar-refractivity contribution in [1.82, 2.24) is 0 Å². The first-order valence-corrected chi connectivity index (χ1v) is 7.70. The number of methoxy groups -OCH3 is 1. The third-order valence-corrected chi connectivity index (χ3v) is 3.64. The van der Waals surface area contributed by atoms with Crippen LogP contribution in [-0.2, 0) is 4.74 Å². The summed E-state index contributed by atoms with van der Waals surface area (Å²) in [6, 6.07) is 21.0. The quantitative estimate of drug-likeness (QED) is 0.506. The Morgan fingerprint density at radius 3 is 2.25 bits per heavy atom. The summed E-state index contributed by atoms with van der Waals surface area (Å²) in [7, 11) is 1.35. The van der Waals surface area contributed by atoms with Crippen molar-refractivity contribution in [3.63, 3.8) is 0 Å². The number of hydrogen-bond acceptors (Lipinski definition) is 4. The molecule has 0 amide bonds. The number of carbonyl (C=O) groups is 1. The van der Waals surface area contributed by atoms with Crippen molar-refractivity contribution in [3.8, 4) is 11.5 Å². The highest BCUT2D eigenvalue weighted by Crippen LogP contribution is 2.25. The molecule has 24 heavy (non-hydrogen) atoms. The van der Waals surface area contributed by atoms with E-state index in [1.54, 1.807) is 18.2 Å². The van der Waals surface area contributed by atoms with E-state index in [0.29, 0.717) is 24.5 Å². The van der Waals surface area contributed by atoms with Gasteiger partial charge in [0.2, 0.25) is 0 Å². The molecule has 0 unspecified atom stereocenters. The highest BCUT2D eigenvalue weighted by atomic mass is 16.5. The first kappa shape index (κ1) is 15.9. The fraction of sp³-hybridized carbons (Fsp3) is 0.150. The Morgan fingerprint density at radius 2 is 1.42 bits per heavy atom. The molecule has 3 aromatic carbocycles. The van der Waals surface area contributed by atoms with Crippen molar-refractivity contribution in [2.75, 3.05) is 20.3 Å². The van der Waals surface area contributed by atoms with Crippen molar-refractivity contribution in [2.45, 2.75) is 0 Å². The van der Waals surface area contributed by atoms with Crippen LogP contribution in [0.1, 0.15) is 10.4 Å². The first-order valence-electron chi connectivity index (χ1n) is 7.70. The third-order valence-electron chi connectivity index (χ3n) is 3.64. The molecule has 3 rings (SSSR count). The molecule has 0 saturated carbocycles. The lowest BCUT2D eigenvalue weighted by molar-refractivity contribution is 0.0595. The topological polar surface area (TPSA) is 44.8 Å². The highest BCUT2D eigenvalue weighted by Gasteiger charge is 2.12. The predicted molar refractivity (Wildman–Crippen MR) is 92.7 cm³/mol. The average molecular weight is 322 g/mol. The molecule has 0 aromatic heterocycles.